The van der Waals surface area contributed by atoms with Crippen LogP contribution in [0.25, 0.3) is 0 Å². The molecule has 5 nitrogen and oxygen atoms in total. The number of nitrogens with zero attached hydrogens (tertiary/aromatic N) is 1. The van der Waals surface area contributed by atoms with Crippen molar-refractivity contribution in [3.05, 3.63) is 28.8 Å². The van der Waals surface area contributed by atoms with E-state index in [1.807, 2.05) is 13.0 Å². The zero-order chi connectivity index (χ0) is 14.0. The van der Waals surface area contributed by atoms with Gasteiger partial charge in [0.25, 0.3) is 0 Å². The Morgan fingerprint density at radius 2 is 2.32 bits per heavy atom. The molecule has 0 saturated carbocycles. The first-order valence-electron chi connectivity index (χ1n) is 5.56. The van der Waals surface area contributed by atoms with Gasteiger partial charge in [-0.1, -0.05) is 29.4 Å². The second-order valence-electron chi connectivity index (χ2n) is 4.10. The van der Waals surface area contributed by atoms with Crippen LogP contribution in [0.15, 0.2) is 23.2 Å². The molecule has 1 heterocycles. The number of aryl methyl sites for hydroxylation is 1. The lowest BCUT2D eigenvalue weighted by Gasteiger charge is -2.18. The van der Waals surface area contributed by atoms with E-state index in [9.17, 15) is 9.59 Å². The van der Waals surface area contributed by atoms with Crippen LogP contribution in [0, 0.1) is 6.92 Å². The van der Waals surface area contributed by atoms with Crippen LogP contribution < -0.4 is 11.1 Å². The second-order valence-corrected chi connectivity index (χ2v) is 5.76. The van der Waals surface area contributed by atoms with E-state index in [0.717, 1.165) is 17.3 Å². The minimum atomic E-state index is -0.552. The Morgan fingerprint density at radius 3 is 3.00 bits per heavy atom. The van der Waals surface area contributed by atoms with Crippen LogP contribution >= 0.6 is 23.4 Å². The summed E-state index contributed by atoms with van der Waals surface area (Å²) in [6, 6.07) is 5.23. The Labute approximate surface area is 119 Å². The molecule has 1 aliphatic heterocycles. The molecule has 3 N–H and O–H groups in total. The van der Waals surface area contributed by atoms with Gasteiger partial charge in [0.1, 0.15) is 5.25 Å². The number of amides is 2. The lowest BCUT2D eigenvalue weighted by atomic mass is 10.2. The van der Waals surface area contributed by atoms with Gasteiger partial charge in [0.15, 0.2) is 5.17 Å². The molecule has 0 fully saturated rings. The highest BCUT2D eigenvalue weighted by molar-refractivity contribution is 8.15. The quantitative estimate of drug-likeness (QED) is 0.873. The number of benzene rings is 1. The molecule has 0 bridgehead atoms. The first kappa shape index (κ1) is 13.9. The van der Waals surface area contributed by atoms with Gasteiger partial charge < -0.3 is 11.1 Å². The van der Waals surface area contributed by atoms with E-state index >= 15 is 0 Å². The molecule has 2 rings (SSSR count). The number of amidine groups is 1. The lowest BCUT2D eigenvalue weighted by molar-refractivity contribution is -0.121. The Bertz CT molecular complexity index is 574. The number of nitrogens with one attached hydrogen (secondary N) is 1. The smallest absolute Gasteiger partial charge is 0.249 e. The van der Waals surface area contributed by atoms with Gasteiger partial charge >= 0.3 is 0 Å². The minimum Gasteiger partial charge on any atom is -0.378 e. The van der Waals surface area contributed by atoms with E-state index < -0.39 is 5.25 Å². The standard InChI is InChI=1S/C12H12ClN3O2S/c1-6-2-3-7(13)4-8(6)15-11(18)9-5-10(17)16-12(14)19-9/h2-4,9H,5H2,1H3,(H,15,18)(H2,14,16,17)/t9-/m0/s1. The van der Waals surface area contributed by atoms with Crippen molar-refractivity contribution in [2.75, 3.05) is 5.32 Å². The monoisotopic (exact) mass is 297 g/mol. The maximum Gasteiger partial charge on any atom is 0.249 e. The molecule has 0 radical (unpaired) electrons. The number of thioether (sulfide) groups is 1. The number of hydrogen-bond donors (Lipinski definition) is 2. The molecule has 2 amide bonds. The fourth-order valence-corrected chi connectivity index (χ4v) is 2.64. The lowest BCUT2D eigenvalue weighted by Crippen LogP contribution is -2.33. The zero-order valence-corrected chi connectivity index (χ0v) is 11.7. The topological polar surface area (TPSA) is 84.5 Å². The third-order valence-electron chi connectivity index (χ3n) is 2.61. The number of aliphatic imine (C=N–C) groups is 1. The van der Waals surface area contributed by atoms with Gasteiger partial charge in [-0.2, -0.15) is 4.99 Å². The van der Waals surface area contributed by atoms with Gasteiger partial charge in [0.2, 0.25) is 11.8 Å². The number of halogens is 1. The van der Waals surface area contributed by atoms with Gasteiger partial charge in [-0.3, -0.25) is 9.59 Å². The largest absolute Gasteiger partial charge is 0.378 e. The first-order valence-corrected chi connectivity index (χ1v) is 6.82. The van der Waals surface area contributed by atoms with Crippen molar-refractivity contribution < 1.29 is 9.59 Å². The van der Waals surface area contributed by atoms with Gasteiger partial charge in [-0.15, -0.1) is 0 Å². The third-order valence-corrected chi connectivity index (χ3v) is 3.84. The first-order chi connectivity index (χ1) is 8.95. The van der Waals surface area contributed by atoms with E-state index in [4.69, 9.17) is 17.3 Å². The highest BCUT2D eigenvalue weighted by Gasteiger charge is 2.28. The van der Waals surface area contributed by atoms with Crippen molar-refractivity contribution in [2.45, 2.75) is 18.6 Å². The number of carbonyl (C=O) groups excluding carboxylic acids is 2. The predicted molar refractivity (Wildman–Crippen MR) is 77.4 cm³/mol. The molecular formula is C12H12ClN3O2S. The molecule has 1 aromatic rings. The Kier molecular flexibility index (Phi) is 4.11. The average molecular weight is 298 g/mol. The molecule has 19 heavy (non-hydrogen) atoms. The predicted octanol–water partition coefficient (Wildman–Crippen LogP) is 1.93. The summed E-state index contributed by atoms with van der Waals surface area (Å²) >= 11 is 6.97. The van der Waals surface area contributed by atoms with Gasteiger partial charge in [0.05, 0.1) is 6.42 Å². The number of anilines is 1. The normalized spacial score (nSPS) is 18.9. The Hall–Kier alpha value is -1.53. The Morgan fingerprint density at radius 1 is 1.58 bits per heavy atom. The molecule has 1 aliphatic rings. The summed E-state index contributed by atoms with van der Waals surface area (Å²) < 4.78 is 0. The summed E-state index contributed by atoms with van der Waals surface area (Å²) in [6.45, 7) is 1.86. The van der Waals surface area contributed by atoms with Crippen molar-refractivity contribution in [3.8, 4) is 0 Å². The SMILES string of the molecule is Cc1ccc(Cl)cc1NC(=O)[C@@H]1CC(=O)N=C(N)S1. The molecule has 7 heteroatoms. The summed E-state index contributed by atoms with van der Waals surface area (Å²) in [4.78, 5) is 26.9. The maximum atomic E-state index is 12.1. The summed E-state index contributed by atoms with van der Waals surface area (Å²) in [5.41, 5.74) is 7.02. The summed E-state index contributed by atoms with van der Waals surface area (Å²) in [7, 11) is 0. The molecule has 0 aromatic heterocycles. The third kappa shape index (κ3) is 3.48. The molecule has 0 saturated heterocycles. The molecule has 1 aromatic carbocycles. The highest BCUT2D eigenvalue weighted by atomic mass is 35.5. The van der Waals surface area contributed by atoms with Crippen molar-refractivity contribution in [3.63, 3.8) is 0 Å². The van der Waals surface area contributed by atoms with E-state index in [1.165, 1.54) is 0 Å². The van der Waals surface area contributed by atoms with E-state index in [2.05, 4.69) is 10.3 Å². The summed E-state index contributed by atoms with van der Waals surface area (Å²) in [5, 5.41) is 2.86. The van der Waals surface area contributed by atoms with Crippen LogP contribution in [0.1, 0.15) is 12.0 Å². The maximum absolute atomic E-state index is 12.1. The van der Waals surface area contributed by atoms with Crippen LogP contribution in [-0.2, 0) is 9.59 Å². The molecular weight excluding hydrogens is 286 g/mol. The van der Waals surface area contributed by atoms with Crippen molar-refractivity contribution >= 4 is 46.0 Å². The second kappa shape index (κ2) is 5.63. The number of rotatable bonds is 2. The highest BCUT2D eigenvalue weighted by Crippen LogP contribution is 2.24. The minimum absolute atomic E-state index is 0.0524. The van der Waals surface area contributed by atoms with Crippen LogP contribution in [-0.4, -0.2) is 22.2 Å². The number of nitrogens with two attached hydrogens (primary N) is 1. The fraction of sp³-hybridized carbons (Fsp3) is 0.250. The van der Waals surface area contributed by atoms with Crippen LogP contribution in [0.2, 0.25) is 5.02 Å². The van der Waals surface area contributed by atoms with Crippen LogP contribution in [0.5, 0.6) is 0 Å². The summed E-state index contributed by atoms with van der Waals surface area (Å²) in [5.74, 6) is -0.652. The van der Waals surface area contributed by atoms with E-state index in [1.54, 1.807) is 12.1 Å². The fourth-order valence-electron chi connectivity index (χ4n) is 1.63. The van der Waals surface area contributed by atoms with Gasteiger partial charge in [-0.05, 0) is 24.6 Å². The number of hydrogen-bond acceptors (Lipinski definition) is 4. The van der Waals surface area contributed by atoms with Gasteiger partial charge in [-0.25, -0.2) is 0 Å². The van der Waals surface area contributed by atoms with Crippen molar-refractivity contribution in [2.24, 2.45) is 10.7 Å². The van der Waals surface area contributed by atoms with Gasteiger partial charge in [0, 0.05) is 10.7 Å². The van der Waals surface area contributed by atoms with E-state index in [-0.39, 0.29) is 23.4 Å². The molecule has 0 aliphatic carbocycles. The van der Waals surface area contributed by atoms with Crippen molar-refractivity contribution in [1.82, 2.24) is 0 Å². The van der Waals surface area contributed by atoms with Crippen LogP contribution in [0.3, 0.4) is 0 Å². The zero-order valence-electron chi connectivity index (χ0n) is 10.1. The number of carbonyl (C=O) groups is 2. The molecule has 0 unspecified atom stereocenters. The van der Waals surface area contributed by atoms with Crippen molar-refractivity contribution in [1.29, 1.82) is 0 Å². The average Bonchev–Trinajstić information content (AvgIpc) is 2.32. The molecule has 0 spiro atoms. The van der Waals surface area contributed by atoms with Crippen LogP contribution in [0.4, 0.5) is 5.69 Å². The Balaban J connectivity index is 2.11. The molecule has 100 valence electrons. The molecule has 1 atom stereocenters. The summed E-state index contributed by atoms with van der Waals surface area (Å²) in [6.07, 6.45) is 0.0524. The van der Waals surface area contributed by atoms with E-state index in [0.29, 0.717) is 10.7 Å².